The SMILES string of the molecule is CCC(CC(C)(c1ccccc1)c1ccccc1)c1ccccc1. The second-order valence-electron chi connectivity index (χ2n) is 6.78. The Morgan fingerprint density at radius 3 is 1.50 bits per heavy atom. The summed E-state index contributed by atoms with van der Waals surface area (Å²) in [4.78, 5) is 0. The molecule has 0 aliphatic rings. The van der Waals surface area contributed by atoms with E-state index in [4.69, 9.17) is 0 Å². The van der Waals surface area contributed by atoms with Gasteiger partial charge in [0, 0.05) is 5.41 Å². The van der Waals surface area contributed by atoms with Crippen molar-refractivity contribution in [3.8, 4) is 0 Å². The number of hydrogen-bond acceptors (Lipinski definition) is 0. The van der Waals surface area contributed by atoms with Crippen LogP contribution in [0.5, 0.6) is 0 Å². The topological polar surface area (TPSA) is 0 Å². The molecular formula is C24H26. The van der Waals surface area contributed by atoms with Gasteiger partial charge in [-0.2, -0.15) is 0 Å². The first-order valence-corrected chi connectivity index (χ1v) is 8.90. The van der Waals surface area contributed by atoms with Gasteiger partial charge in [-0.15, -0.1) is 0 Å². The first kappa shape index (κ1) is 16.5. The molecule has 3 rings (SSSR count). The van der Waals surface area contributed by atoms with Crippen molar-refractivity contribution in [3.05, 3.63) is 108 Å². The molecule has 0 amide bonds. The molecule has 0 bridgehead atoms. The third-order valence-corrected chi connectivity index (χ3v) is 5.24. The third-order valence-electron chi connectivity index (χ3n) is 5.24. The molecule has 0 N–H and O–H groups in total. The Hall–Kier alpha value is -2.34. The van der Waals surface area contributed by atoms with Gasteiger partial charge in [0.2, 0.25) is 0 Å². The monoisotopic (exact) mass is 314 g/mol. The van der Waals surface area contributed by atoms with Gasteiger partial charge in [-0.05, 0) is 35.4 Å². The van der Waals surface area contributed by atoms with Gasteiger partial charge < -0.3 is 0 Å². The van der Waals surface area contributed by atoms with Crippen molar-refractivity contribution in [1.29, 1.82) is 0 Å². The molecule has 0 aliphatic heterocycles. The summed E-state index contributed by atoms with van der Waals surface area (Å²) in [6, 6.07) is 32.8. The Bertz CT molecular complexity index is 689. The van der Waals surface area contributed by atoms with Crippen molar-refractivity contribution < 1.29 is 0 Å². The van der Waals surface area contributed by atoms with Gasteiger partial charge in [-0.1, -0.05) is 105 Å². The van der Waals surface area contributed by atoms with E-state index in [1.807, 2.05) is 0 Å². The van der Waals surface area contributed by atoms with Crippen LogP contribution in [-0.2, 0) is 5.41 Å². The predicted octanol–water partition coefficient (Wildman–Crippen LogP) is 6.58. The molecule has 24 heavy (non-hydrogen) atoms. The summed E-state index contributed by atoms with van der Waals surface area (Å²) in [5.74, 6) is 0.552. The van der Waals surface area contributed by atoms with Crippen LogP contribution in [0.1, 0.15) is 49.3 Å². The van der Waals surface area contributed by atoms with Gasteiger partial charge in [0.1, 0.15) is 0 Å². The van der Waals surface area contributed by atoms with Crippen molar-refractivity contribution in [1.82, 2.24) is 0 Å². The van der Waals surface area contributed by atoms with Gasteiger partial charge in [0.05, 0.1) is 0 Å². The molecule has 122 valence electrons. The summed E-state index contributed by atoms with van der Waals surface area (Å²) >= 11 is 0. The molecule has 0 heteroatoms. The lowest BCUT2D eigenvalue weighted by atomic mass is 9.69. The first-order valence-electron chi connectivity index (χ1n) is 8.90. The van der Waals surface area contributed by atoms with Crippen molar-refractivity contribution in [2.45, 2.75) is 38.0 Å². The molecule has 0 spiro atoms. The zero-order valence-corrected chi connectivity index (χ0v) is 14.7. The molecule has 0 nitrogen and oxygen atoms in total. The Balaban J connectivity index is 2.02. The summed E-state index contributed by atoms with van der Waals surface area (Å²) in [7, 11) is 0. The molecule has 3 aromatic carbocycles. The van der Waals surface area contributed by atoms with Crippen molar-refractivity contribution in [2.24, 2.45) is 0 Å². The lowest BCUT2D eigenvalue weighted by Crippen LogP contribution is -2.26. The van der Waals surface area contributed by atoms with Gasteiger partial charge in [-0.3, -0.25) is 0 Å². The van der Waals surface area contributed by atoms with E-state index >= 15 is 0 Å². The van der Waals surface area contributed by atoms with Crippen LogP contribution in [0.2, 0.25) is 0 Å². The number of benzene rings is 3. The van der Waals surface area contributed by atoms with E-state index in [2.05, 4.69) is 105 Å². The minimum Gasteiger partial charge on any atom is -0.0648 e. The molecule has 3 aromatic rings. The lowest BCUT2D eigenvalue weighted by molar-refractivity contribution is 0.446. The van der Waals surface area contributed by atoms with E-state index in [1.54, 1.807) is 0 Å². The van der Waals surface area contributed by atoms with Crippen LogP contribution in [0.3, 0.4) is 0 Å². The van der Waals surface area contributed by atoms with E-state index < -0.39 is 0 Å². The Labute approximate surface area is 146 Å². The fourth-order valence-electron chi connectivity index (χ4n) is 3.73. The fourth-order valence-corrected chi connectivity index (χ4v) is 3.73. The second-order valence-corrected chi connectivity index (χ2v) is 6.78. The minimum absolute atomic E-state index is 0.0129. The van der Waals surface area contributed by atoms with Gasteiger partial charge in [0.25, 0.3) is 0 Å². The lowest BCUT2D eigenvalue weighted by Gasteiger charge is -2.35. The van der Waals surface area contributed by atoms with Crippen LogP contribution in [-0.4, -0.2) is 0 Å². The highest BCUT2D eigenvalue weighted by Crippen LogP contribution is 2.41. The third kappa shape index (κ3) is 3.43. The molecule has 0 saturated carbocycles. The highest BCUT2D eigenvalue weighted by atomic mass is 14.3. The number of hydrogen-bond donors (Lipinski definition) is 0. The van der Waals surface area contributed by atoms with E-state index in [0.717, 1.165) is 12.8 Å². The smallest absolute Gasteiger partial charge is 0.0180 e. The fraction of sp³-hybridized carbons (Fsp3) is 0.250. The normalized spacial score (nSPS) is 12.8. The predicted molar refractivity (Wildman–Crippen MR) is 103 cm³/mol. The highest BCUT2D eigenvalue weighted by molar-refractivity contribution is 5.39. The average Bonchev–Trinajstić information content (AvgIpc) is 2.68. The Morgan fingerprint density at radius 2 is 1.08 bits per heavy atom. The maximum absolute atomic E-state index is 2.39. The van der Waals surface area contributed by atoms with Crippen LogP contribution in [0, 0.1) is 0 Å². The second kappa shape index (κ2) is 7.49. The van der Waals surface area contributed by atoms with E-state index in [-0.39, 0.29) is 5.41 Å². The Morgan fingerprint density at radius 1 is 0.667 bits per heavy atom. The molecule has 0 aliphatic carbocycles. The molecule has 0 radical (unpaired) electrons. The van der Waals surface area contributed by atoms with Gasteiger partial charge in [-0.25, -0.2) is 0 Å². The average molecular weight is 314 g/mol. The highest BCUT2D eigenvalue weighted by Gasteiger charge is 2.31. The zero-order chi connectivity index (χ0) is 16.8. The summed E-state index contributed by atoms with van der Waals surface area (Å²) in [6.45, 7) is 4.69. The molecule has 0 heterocycles. The first-order chi connectivity index (χ1) is 11.7. The molecule has 0 fully saturated rings. The largest absolute Gasteiger partial charge is 0.0648 e. The van der Waals surface area contributed by atoms with Gasteiger partial charge in [0.15, 0.2) is 0 Å². The zero-order valence-electron chi connectivity index (χ0n) is 14.7. The van der Waals surface area contributed by atoms with E-state index in [0.29, 0.717) is 5.92 Å². The summed E-state index contributed by atoms with van der Waals surface area (Å²) in [5, 5.41) is 0. The maximum atomic E-state index is 2.39. The molecular weight excluding hydrogens is 288 g/mol. The molecule has 1 unspecified atom stereocenters. The summed E-state index contributed by atoms with van der Waals surface area (Å²) in [5.41, 5.74) is 4.24. The quantitative estimate of drug-likeness (QED) is 0.482. The van der Waals surface area contributed by atoms with Crippen LogP contribution >= 0.6 is 0 Å². The van der Waals surface area contributed by atoms with Crippen LogP contribution in [0.15, 0.2) is 91.0 Å². The standard InChI is InChI=1S/C24H26/c1-3-20(21-13-7-4-8-14-21)19-24(2,22-15-9-5-10-16-22)23-17-11-6-12-18-23/h4-18,20H,3,19H2,1-2H3. The number of rotatable bonds is 6. The van der Waals surface area contributed by atoms with Crippen molar-refractivity contribution in [3.63, 3.8) is 0 Å². The Kier molecular flexibility index (Phi) is 5.15. The van der Waals surface area contributed by atoms with E-state index in [9.17, 15) is 0 Å². The van der Waals surface area contributed by atoms with Crippen LogP contribution in [0.4, 0.5) is 0 Å². The van der Waals surface area contributed by atoms with Crippen molar-refractivity contribution in [2.75, 3.05) is 0 Å². The molecule has 0 aromatic heterocycles. The van der Waals surface area contributed by atoms with Crippen molar-refractivity contribution >= 4 is 0 Å². The van der Waals surface area contributed by atoms with Gasteiger partial charge >= 0.3 is 0 Å². The summed E-state index contributed by atoms with van der Waals surface area (Å²) in [6.07, 6.45) is 2.26. The van der Waals surface area contributed by atoms with E-state index in [1.165, 1.54) is 16.7 Å². The summed E-state index contributed by atoms with van der Waals surface area (Å²) < 4.78 is 0. The minimum atomic E-state index is 0.0129. The molecule has 0 saturated heterocycles. The maximum Gasteiger partial charge on any atom is 0.0180 e. The van der Waals surface area contributed by atoms with Crippen LogP contribution in [0.25, 0.3) is 0 Å². The van der Waals surface area contributed by atoms with Crippen LogP contribution < -0.4 is 0 Å². The molecule has 1 atom stereocenters.